The third-order valence-corrected chi connectivity index (χ3v) is 7.87. The number of amides is 2. The molecule has 2 atom stereocenters. The second kappa shape index (κ2) is 13.0. The summed E-state index contributed by atoms with van der Waals surface area (Å²) in [5, 5.41) is 14.3. The van der Waals surface area contributed by atoms with Gasteiger partial charge < -0.3 is 24.8 Å². The number of methoxy groups -OCH3 is 1. The molecule has 36 heavy (non-hydrogen) atoms. The van der Waals surface area contributed by atoms with Gasteiger partial charge in [-0.15, -0.1) is 0 Å². The van der Waals surface area contributed by atoms with Crippen LogP contribution in [0.25, 0.3) is 0 Å². The van der Waals surface area contributed by atoms with Crippen LogP contribution in [0.3, 0.4) is 0 Å². The smallest absolute Gasteiger partial charge is 0.317 e. The minimum atomic E-state index is -3.89. The Morgan fingerprint density at radius 3 is 2.31 bits per heavy atom. The van der Waals surface area contributed by atoms with Crippen LogP contribution in [0.1, 0.15) is 19.4 Å². The summed E-state index contributed by atoms with van der Waals surface area (Å²) in [5.41, 5.74) is 0.928. The number of carbonyl (C=O) groups is 1. The Balaban J connectivity index is 1.83. The lowest BCUT2D eigenvalue weighted by Crippen LogP contribution is -2.55. The van der Waals surface area contributed by atoms with Gasteiger partial charge in [0.15, 0.2) is 0 Å². The van der Waals surface area contributed by atoms with Crippen molar-refractivity contribution in [2.24, 2.45) is 5.92 Å². The third kappa shape index (κ3) is 7.67. The lowest BCUT2D eigenvalue weighted by Gasteiger charge is -2.33. The number of hydrogen-bond acceptors (Lipinski definition) is 6. The Hall–Kier alpha value is -2.66. The number of urea groups is 1. The van der Waals surface area contributed by atoms with E-state index in [-0.39, 0.29) is 29.9 Å². The molecule has 2 N–H and O–H groups in total. The zero-order valence-corrected chi connectivity index (χ0v) is 22.0. The average molecular weight is 520 g/mol. The predicted molar refractivity (Wildman–Crippen MR) is 137 cm³/mol. The molecule has 0 bridgehead atoms. The predicted octanol–water partition coefficient (Wildman–Crippen LogP) is 2.36. The van der Waals surface area contributed by atoms with Gasteiger partial charge in [-0.1, -0.05) is 44.2 Å². The fourth-order valence-electron chi connectivity index (χ4n) is 4.08. The highest BCUT2D eigenvalue weighted by atomic mass is 32.2. The van der Waals surface area contributed by atoms with E-state index in [0.717, 1.165) is 5.56 Å². The maximum atomic E-state index is 13.5. The third-order valence-electron chi connectivity index (χ3n) is 6.03. The second-order valence-corrected chi connectivity index (χ2v) is 11.2. The highest BCUT2D eigenvalue weighted by molar-refractivity contribution is 7.89. The molecule has 0 radical (unpaired) electrons. The van der Waals surface area contributed by atoms with Crippen molar-refractivity contribution in [3.63, 3.8) is 0 Å². The lowest BCUT2D eigenvalue weighted by molar-refractivity contribution is 0.0485. The number of carbonyl (C=O) groups excluding carboxylic acids is 1. The summed E-state index contributed by atoms with van der Waals surface area (Å²) in [6.45, 7) is 5.75. The molecule has 1 aliphatic heterocycles. The largest absolute Gasteiger partial charge is 0.497 e. The molecular weight excluding hydrogens is 482 g/mol. The van der Waals surface area contributed by atoms with E-state index in [1.807, 2.05) is 44.2 Å². The van der Waals surface area contributed by atoms with E-state index in [9.17, 15) is 18.3 Å². The first-order valence-corrected chi connectivity index (χ1v) is 13.6. The number of rotatable bonds is 11. The van der Waals surface area contributed by atoms with Crippen LogP contribution in [0, 0.1) is 5.92 Å². The number of hydrogen-bond donors (Lipinski definition) is 2. The van der Waals surface area contributed by atoms with E-state index in [1.165, 1.54) is 23.5 Å². The molecule has 0 saturated carbocycles. The van der Waals surface area contributed by atoms with Gasteiger partial charge in [-0.25, -0.2) is 13.2 Å². The van der Waals surface area contributed by atoms with E-state index < -0.39 is 22.2 Å². The van der Waals surface area contributed by atoms with Crippen LogP contribution in [0.15, 0.2) is 59.5 Å². The van der Waals surface area contributed by atoms with Crippen molar-refractivity contribution < 1.29 is 27.8 Å². The number of morpholine rings is 1. The molecule has 1 fully saturated rings. The van der Waals surface area contributed by atoms with Crippen molar-refractivity contribution in [2.45, 2.75) is 37.3 Å². The van der Waals surface area contributed by atoms with Crippen molar-refractivity contribution in [1.29, 1.82) is 0 Å². The molecule has 1 aliphatic rings. The summed E-state index contributed by atoms with van der Waals surface area (Å²) in [4.78, 5) is 14.7. The number of ether oxygens (including phenoxy) is 2. The molecule has 1 saturated heterocycles. The molecule has 0 aromatic heterocycles. The number of nitrogens with zero attached hydrogens (tertiary/aromatic N) is 2. The fraction of sp³-hybridized carbons (Fsp3) is 0.500. The highest BCUT2D eigenvalue weighted by Crippen LogP contribution is 2.22. The molecule has 0 unspecified atom stereocenters. The van der Waals surface area contributed by atoms with Crippen LogP contribution in [0.4, 0.5) is 4.79 Å². The van der Waals surface area contributed by atoms with E-state index in [2.05, 4.69) is 5.32 Å². The van der Waals surface area contributed by atoms with Crippen LogP contribution in [0.2, 0.25) is 0 Å². The van der Waals surface area contributed by atoms with Gasteiger partial charge in [-0.3, -0.25) is 0 Å². The van der Waals surface area contributed by atoms with Crippen LogP contribution < -0.4 is 10.1 Å². The maximum absolute atomic E-state index is 13.5. The number of sulfonamides is 1. The Bertz CT molecular complexity index is 1060. The van der Waals surface area contributed by atoms with E-state index in [1.54, 1.807) is 17.0 Å². The highest BCUT2D eigenvalue weighted by Gasteiger charge is 2.32. The fourth-order valence-corrected chi connectivity index (χ4v) is 5.70. The average Bonchev–Trinajstić information content (AvgIpc) is 2.88. The van der Waals surface area contributed by atoms with Crippen molar-refractivity contribution in [3.8, 4) is 5.75 Å². The van der Waals surface area contributed by atoms with Gasteiger partial charge in [-0.05, 0) is 42.2 Å². The van der Waals surface area contributed by atoms with Crippen LogP contribution >= 0.6 is 0 Å². The number of aliphatic hydroxyl groups is 1. The Morgan fingerprint density at radius 2 is 1.72 bits per heavy atom. The van der Waals surface area contributed by atoms with Gasteiger partial charge in [-0.2, -0.15) is 4.31 Å². The molecule has 2 aromatic rings. The topological polar surface area (TPSA) is 108 Å². The molecule has 0 spiro atoms. The molecule has 198 valence electrons. The number of benzene rings is 2. The summed E-state index contributed by atoms with van der Waals surface area (Å²) in [7, 11) is -2.38. The molecule has 0 aliphatic carbocycles. The molecule has 2 amide bonds. The van der Waals surface area contributed by atoms with Crippen LogP contribution in [0.5, 0.6) is 5.75 Å². The zero-order chi connectivity index (χ0) is 26.1. The van der Waals surface area contributed by atoms with Gasteiger partial charge in [0.25, 0.3) is 0 Å². The molecule has 9 nitrogen and oxygen atoms in total. The SMILES string of the molecule is COc1ccc(S(=O)(=O)N(CC(C)C)C[C@@H](O)[C@H](Cc2ccccc2)NC(=O)N2CCOCC2)cc1. The summed E-state index contributed by atoms with van der Waals surface area (Å²) >= 11 is 0. The molecule has 2 aromatic carbocycles. The molecule has 3 rings (SSSR count). The van der Waals surface area contributed by atoms with Crippen molar-refractivity contribution >= 4 is 16.1 Å². The van der Waals surface area contributed by atoms with E-state index >= 15 is 0 Å². The monoisotopic (exact) mass is 519 g/mol. The zero-order valence-electron chi connectivity index (χ0n) is 21.2. The summed E-state index contributed by atoms with van der Waals surface area (Å²) in [5.74, 6) is 0.582. The Labute approximate surface area is 214 Å². The van der Waals surface area contributed by atoms with Gasteiger partial charge in [0.05, 0.1) is 37.4 Å². The first-order chi connectivity index (χ1) is 17.2. The minimum Gasteiger partial charge on any atom is -0.497 e. The van der Waals surface area contributed by atoms with Crippen LogP contribution in [-0.4, -0.2) is 87.4 Å². The van der Waals surface area contributed by atoms with Gasteiger partial charge in [0, 0.05) is 26.2 Å². The van der Waals surface area contributed by atoms with Gasteiger partial charge in [0.2, 0.25) is 10.0 Å². The maximum Gasteiger partial charge on any atom is 0.317 e. The van der Waals surface area contributed by atoms with Crippen LogP contribution in [-0.2, 0) is 21.2 Å². The second-order valence-electron chi connectivity index (χ2n) is 9.30. The van der Waals surface area contributed by atoms with E-state index in [4.69, 9.17) is 9.47 Å². The Morgan fingerprint density at radius 1 is 1.08 bits per heavy atom. The number of nitrogens with one attached hydrogen (secondary N) is 1. The van der Waals surface area contributed by atoms with Crippen molar-refractivity contribution in [3.05, 3.63) is 60.2 Å². The molecule has 1 heterocycles. The van der Waals surface area contributed by atoms with E-state index in [0.29, 0.717) is 38.5 Å². The summed E-state index contributed by atoms with van der Waals surface area (Å²) in [6, 6.07) is 14.7. The van der Waals surface area contributed by atoms with Gasteiger partial charge in [0.1, 0.15) is 5.75 Å². The first kappa shape index (κ1) is 27.9. The van der Waals surface area contributed by atoms with Crippen molar-refractivity contribution in [1.82, 2.24) is 14.5 Å². The standard InChI is InChI=1S/C26H37N3O6S/c1-20(2)18-29(36(32,33)23-11-9-22(34-3)10-12-23)19-25(30)24(17-21-7-5-4-6-8-21)27-26(31)28-13-15-35-16-14-28/h4-12,20,24-25,30H,13-19H2,1-3H3,(H,27,31)/t24-,25+/m0/s1. The summed E-state index contributed by atoms with van der Waals surface area (Å²) in [6.07, 6.45) is -0.780. The van der Waals surface area contributed by atoms with Gasteiger partial charge >= 0.3 is 6.03 Å². The first-order valence-electron chi connectivity index (χ1n) is 12.2. The van der Waals surface area contributed by atoms with Crippen molar-refractivity contribution in [2.75, 3.05) is 46.5 Å². The quantitative estimate of drug-likeness (QED) is 0.472. The normalized spacial score (nSPS) is 16.1. The minimum absolute atomic E-state index is 0.0285. The number of aliphatic hydroxyl groups excluding tert-OH is 1. The summed E-state index contributed by atoms with van der Waals surface area (Å²) < 4.78 is 38.8. The lowest BCUT2D eigenvalue weighted by atomic mass is 10.0. The molecule has 10 heteroatoms. The Kier molecular flexibility index (Phi) is 10.1. The molecular formula is C26H37N3O6S.